The molecule has 7 aromatic carbocycles. The third-order valence-electron chi connectivity index (χ3n) is 10.6. The average molecular weight is 686 g/mol. The fourth-order valence-corrected chi connectivity index (χ4v) is 7.92. The quantitative estimate of drug-likeness (QED) is 0.196. The van der Waals surface area contributed by atoms with Crippen LogP contribution in [0.25, 0.3) is 33.4 Å². The van der Waals surface area contributed by atoms with Crippen LogP contribution in [0.3, 0.4) is 0 Å². The van der Waals surface area contributed by atoms with Gasteiger partial charge in [0.1, 0.15) is 12.0 Å². The Balaban J connectivity index is 1.07. The van der Waals surface area contributed by atoms with Gasteiger partial charge in [-0.2, -0.15) is 0 Å². The molecule has 2 heterocycles. The van der Waals surface area contributed by atoms with Crippen LogP contribution >= 0.6 is 0 Å². The van der Waals surface area contributed by atoms with E-state index in [0.717, 1.165) is 50.5 Å². The van der Waals surface area contributed by atoms with Crippen LogP contribution in [0.2, 0.25) is 0 Å². The number of benzene rings is 7. The molecule has 0 aromatic heterocycles. The van der Waals surface area contributed by atoms with Gasteiger partial charge in [0, 0.05) is 22.1 Å². The number of nitrogens with one attached hydrogen (secondary N) is 1. The summed E-state index contributed by atoms with van der Waals surface area (Å²) in [7, 11) is 0. The Morgan fingerprint density at radius 2 is 1.13 bits per heavy atom. The van der Waals surface area contributed by atoms with Gasteiger partial charge >= 0.3 is 0 Å². The van der Waals surface area contributed by atoms with E-state index in [-0.39, 0.29) is 11.6 Å². The molecule has 0 radical (unpaired) electrons. The van der Waals surface area contributed by atoms with Gasteiger partial charge in [-0.05, 0) is 68.8 Å². The van der Waals surface area contributed by atoms with E-state index in [1.54, 1.807) is 0 Å². The van der Waals surface area contributed by atoms with Crippen molar-refractivity contribution in [1.82, 2.24) is 5.32 Å². The molecule has 2 aliphatic heterocycles. The van der Waals surface area contributed by atoms with Crippen molar-refractivity contribution in [2.24, 2.45) is 9.98 Å². The standard InChI is InChI=1S/C48H35N3O2/c1-48(2)39-25-12-11-22-35(39)38-28-42-43(29-40(38)48)52-41-26-14-24-36(44(41)53-42)34-21-9-10-23-37(34)47-50-45(31-17-7-4-8-18-31)49-46(51-47)33-20-13-19-32(27-33)30-15-5-3-6-16-30/h3-29,45H,1-2H3,(H,49,50,51). The summed E-state index contributed by atoms with van der Waals surface area (Å²) in [5.74, 6) is 4.19. The lowest BCUT2D eigenvalue weighted by Gasteiger charge is -2.27. The van der Waals surface area contributed by atoms with Crippen molar-refractivity contribution in [3.8, 4) is 56.4 Å². The Morgan fingerprint density at radius 3 is 1.96 bits per heavy atom. The zero-order valence-corrected chi connectivity index (χ0v) is 29.4. The third kappa shape index (κ3) is 5.24. The van der Waals surface area contributed by atoms with E-state index in [0.29, 0.717) is 23.1 Å². The molecule has 0 bridgehead atoms. The van der Waals surface area contributed by atoms with Gasteiger partial charge in [-0.25, -0.2) is 9.98 Å². The average Bonchev–Trinajstić information content (AvgIpc) is 3.44. The second-order valence-electron chi connectivity index (χ2n) is 14.2. The molecule has 0 fully saturated rings. The predicted molar refractivity (Wildman–Crippen MR) is 213 cm³/mol. The largest absolute Gasteiger partial charge is 0.449 e. The maximum absolute atomic E-state index is 6.84. The Hall–Kier alpha value is -6.72. The zero-order chi connectivity index (χ0) is 35.5. The molecule has 1 N–H and O–H groups in total. The summed E-state index contributed by atoms with van der Waals surface area (Å²) in [5, 5.41) is 3.67. The highest BCUT2D eigenvalue weighted by atomic mass is 16.6. The molecule has 254 valence electrons. The summed E-state index contributed by atoms with van der Waals surface area (Å²) < 4.78 is 13.5. The first-order valence-electron chi connectivity index (χ1n) is 18.0. The molecule has 1 atom stereocenters. The van der Waals surface area contributed by atoms with E-state index in [1.807, 2.05) is 42.5 Å². The Bertz CT molecular complexity index is 2620. The molecule has 1 aliphatic carbocycles. The second-order valence-corrected chi connectivity index (χ2v) is 14.2. The van der Waals surface area contributed by atoms with Gasteiger partial charge in [0.25, 0.3) is 0 Å². The highest BCUT2D eigenvalue weighted by Gasteiger charge is 2.38. The molecular weight excluding hydrogens is 651 g/mol. The maximum atomic E-state index is 6.84. The maximum Gasteiger partial charge on any atom is 0.177 e. The summed E-state index contributed by atoms with van der Waals surface area (Å²) in [5.41, 5.74) is 11.9. The molecule has 5 heteroatoms. The Kier molecular flexibility index (Phi) is 7.15. The number of aliphatic imine (C=N–C) groups is 2. The van der Waals surface area contributed by atoms with Crippen molar-refractivity contribution in [2.45, 2.75) is 25.4 Å². The van der Waals surface area contributed by atoms with Gasteiger partial charge < -0.3 is 14.8 Å². The fourth-order valence-electron chi connectivity index (χ4n) is 7.92. The summed E-state index contributed by atoms with van der Waals surface area (Å²) in [6.07, 6.45) is -0.336. The molecule has 0 spiro atoms. The minimum absolute atomic E-state index is 0.137. The molecule has 3 aliphatic rings. The lowest BCUT2D eigenvalue weighted by molar-refractivity contribution is 0.360. The van der Waals surface area contributed by atoms with Crippen molar-refractivity contribution in [2.75, 3.05) is 0 Å². The molecule has 0 amide bonds. The van der Waals surface area contributed by atoms with Gasteiger partial charge in [0.15, 0.2) is 28.8 Å². The number of ether oxygens (including phenoxy) is 2. The van der Waals surface area contributed by atoms with Gasteiger partial charge in [-0.3, -0.25) is 0 Å². The van der Waals surface area contributed by atoms with E-state index < -0.39 is 0 Å². The monoisotopic (exact) mass is 685 g/mol. The molecule has 5 nitrogen and oxygen atoms in total. The minimum Gasteiger partial charge on any atom is -0.449 e. The molecule has 0 saturated carbocycles. The van der Waals surface area contributed by atoms with Crippen molar-refractivity contribution >= 4 is 11.7 Å². The molecule has 0 saturated heterocycles. The van der Waals surface area contributed by atoms with Crippen LogP contribution in [0.4, 0.5) is 0 Å². The Labute approximate surface area is 309 Å². The fraction of sp³-hybridized carbons (Fsp3) is 0.0833. The predicted octanol–water partition coefficient (Wildman–Crippen LogP) is 11.7. The normalized spacial score (nSPS) is 16.0. The van der Waals surface area contributed by atoms with Crippen LogP contribution in [-0.2, 0) is 5.41 Å². The number of nitrogens with zero attached hydrogens (tertiary/aromatic N) is 2. The van der Waals surface area contributed by atoms with E-state index in [2.05, 4.69) is 140 Å². The van der Waals surface area contributed by atoms with Crippen molar-refractivity contribution in [3.63, 3.8) is 0 Å². The smallest absolute Gasteiger partial charge is 0.177 e. The number of hydrogen-bond acceptors (Lipinski definition) is 5. The number of para-hydroxylation sites is 1. The summed E-state index contributed by atoms with van der Waals surface area (Å²) in [4.78, 5) is 10.4. The van der Waals surface area contributed by atoms with Gasteiger partial charge in [-0.1, -0.05) is 153 Å². The van der Waals surface area contributed by atoms with Crippen LogP contribution in [0.1, 0.15) is 47.8 Å². The van der Waals surface area contributed by atoms with Crippen molar-refractivity contribution in [1.29, 1.82) is 0 Å². The number of amidine groups is 2. The second kappa shape index (κ2) is 12.2. The van der Waals surface area contributed by atoms with E-state index >= 15 is 0 Å². The topological polar surface area (TPSA) is 55.2 Å². The highest BCUT2D eigenvalue weighted by Crippen LogP contribution is 2.56. The summed E-state index contributed by atoms with van der Waals surface area (Å²) in [6.45, 7) is 4.55. The molecule has 10 rings (SSSR count). The summed E-state index contributed by atoms with van der Waals surface area (Å²) in [6, 6.07) is 56.5. The zero-order valence-electron chi connectivity index (χ0n) is 29.4. The van der Waals surface area contributed by atoms with Crippen LogP contribution < -0.4 is 14.8 Å². The van der Waals surface area contributed by atoms with Crippen molar-refractivity contribution < 1.29 is 9.47 Å². The number of fused-ring (bicyclic) bond motifs is 5. The Morgan fingerprint density at radius 1 is 0.491 bits per heavy atom. The van der Waals surface area contributed by atoms with E-state index in [4.69, 9.17) is 19.5 Å². The van der Waals surface area contributed by atoms with Crippen LogP contribution in [-0.4, -0.2) is 11.7 Å². The first-order valence-corrected chi connectivity index (χ1v) is 18.0. The highest BCUT2D eigenvalue weighted by molar-refractivity contribution is 6.15. The first kappa shape index (κ1) is 31.1. The van der Waals surface area contributed by atoms with Gasteiger partial charge in [0.2, 0.25) is 0 Å². The van der Waals surface area contributed by atoms with E-state index in [9.17, 15) is 0 Å². The summed E-state index contributed by atoms with van der Waals surface area (Å²) >= 11 is 0. The van der Waals surface area contributed by atoms with Gasteiger partial charge in [-0.15, -0.1) is 0 Å². The first-order chi connectivity index (χ1) is 26.0. The molecule has 53 heavy (non-hydrogen) atoms. The number of rotatable bonds is 5. The van der Waals surface area contributed by atoms with Crippen LogP contribution in [0.15, 0.2) is 174 Å². The van der Waals surface area contributed by atoms with Crippen LogP contribution in [0.5, 0.6) is 23.0 Å². The minimum atomic E-state index is -0.336. The third-order valence-corrected chi connectivity index (χ3v) is 10.6. The lowest BCUT2D eigenvalue weighted by Crippen LogP contribution is -2.34. The number of hydrogen-bond donors (Lipinski definition) is 1. The SMILES string of the molecule is CC1(C)c2ccccc2-c2cc3c(cc21)Oc1cccc(-c2ccccc2C2=NC(c4cccc(-c5ccccc5)c4)=NC(c4ccccc4)N2)c1O3. The molecular formula is C48H35N3O2. The molecule has 1 unspecified atom stereocenters. The lowest BCUT2D eigenvalue weighted by atomic mass is 9.82. The van der Waals surface area contributed by atoms with Crippen LogP contribution in [0, 0.1) is 0 Å². The van der Waals surface area contributed by atoms with Gasteiger partial charge in [0.05, 0.1) is 0 Å². The van der Waals surface area contributed by atoms with E-state index in [1.165, 1.54) is 22.3 Å². The van der Waals surface area contributed by atoms with Crippen molar-refractivity contribution in [3.05, 3.63) is 192 Å². The molecule has 7 aromatic rings.